The molecule has 0 saturated heterocycles. The number of nitrogens with one attached hydrogen (secondary N) is 1. The molecule has 4 rings (SSSR count). The average molecular weight is 440 g/mol. The van der Waals surface area contributed by atoms with Crippen LogP contribution in [0.1, 0.15) is 21.7 Å². The lowest BCUT2D eigenvalue weighted by atomic mass is 10.2. The van der Waals surface area contributed by atoms with E-state index >= 15 is 0 Å². The number of fused-ring (bicyclic) bond motifs is 1. The first-order valence-electron chi connectivity index (χ1n) is 9.35. The summed E-state index contributed by atoms with van der Waals surface area (Å²) in [5.41, 5.74) is 3.40. The minimum Gasteiger partial charge on any atom is -0.497 e. The van der Waals surface area contributed by atoms with Gasteiger partial charge in [0.1, 0.15) is 11.6 Å². The first-order chi connectivity index (χ1) is 14.5. The van der Waals surface area contributed by atoms with Crippen molar-refractivity contribution in [2.24, 2.45) is 0 Å². The molecule has 4 aromatic rings. The molecule has 0 aliphatic rings. The molecule has 1 aromatic heterocycles. The van der Waals surface area contributed by atoms with Crippen molar-refractivity contribution in [1.82, 2.24) is 14.9 Å². The standard InChI is InChI=1S/C23H19Cl2N3O2/c1-30-17-9-7-16(8-10-17)23(29)26-13-22-27-20-4-2-3-5-21(20)28(22)14-15-6-11-18(24)19(25)12-15/h2-12H,13-14H2,1H3,(H,26,29). The van der Waals surface area contributed by atoms with E-state index in [1.807, 2.05) is 36.4 Å². The van der Waals surface area contributed by atoms with Crippen LogP contribution in [0.2, 0.25) is 10.0 Å². The van der Waals surface area contributed by atoms with Crippen molar-refractivity contribution in [3.8, 4) is 5.75 Å². The van der Waals surface area contributed by atoms with Crippen molar-refractivity contribution in [3.63, 3.8) is 0 Å². The summed E-state index contributed by atoms with van der Waals surface area (Å²) in [6, 6.07) is 20.4. The van der Waals surface area contributed by atoms with Gasteiger partial charge in [-0.3, -0.25) is 4.79 Å². The Morgan fingerprint density at radius 3 is 2.53 bits per heavy atom. The highest BCUT2D eigenvalue weighted by molar-refractivity contribution is 6.42. The highest BCUT2D eigenvalue weighted by Crippen LogP contribution is 2.24. The van der Waals surface area contributed by atoms with Crippen LogP contribution in [0.25, 0.3) is 11.0 Å². The molecule has 0 spiro atoms. The van der Waals surface area contributed by atoms with Crippen molar-refractivity contribution >= 4 is 40.1 Å². The lowest BCUT2D eigenvalue weighted by molar-refractivity contribution is 0.0949. The maximum atomic E-state index is 12.6. The molecule has 0 fully saturated rings. The van der Waals surface area contributed by atoms with Crippen molar-refractivity contribution in [3.05, 3.63) is 93.7 Å². The normalized spacial score (nSPS) is 10.9. The van der Waals surface area contributed by atoms with Crippen LogP contribution < -0.4 is 10.1 Å². The van der Waals surface area contributed by atoms with E-state index in [0.717, 1.165) is 22.4 Å². The van der Waals surface area contributed by atoms with E-state index in [-0.39, 0.29) is 5.91 Å². The summed E-state index contributed by atoms with van der Waals surface area (Å²) in [4.78, 5) is 17.3. The second-order valence-corrected chi connectivity index (χ2v) is 7.58. The Morgan fingerprint density at radius 2 is 1.80 bits per heavy atom. The number of imidazole rings is 1. The smallest absolute Gasteiger partial charge is 0.251 e. The Balaban J connectivity index is 1.59. The minimum absolute atomic E-state index is 0.175. The van der Waals surface area contributed by atoms with Gasteiger partial charge in [-0.2, -0.15) is 0 Å². The number of halogens is 2. The van der Waals surface area contributed by atoms with Gasteiger partial charge in [0.2, 0.25) is 0 Å². The molecule has 7 heteroatoms. The molecule has 0 aliphatic heterocycles. The molecule has 30 heavy (non-hydrogen) atoms. The number of benzene rings is 3. The van der Waals surface area contributed by atoms with Gasteiger partial charge in [0.25, 0.3) is 5.91 Å². The number of methoxy groups -OCH3 is 1. The van der Waals surface area contributed by atoms with Crippen LogP contribution in [0.15, 0.2) is 66.7 Å². The summed E-state index contributed by atoms with van der Waals surface area (Å²) >= 11 is 12.2. The van der Waals surface area contributed by atoms with E-state index in [0.29, 0.717) is 34.4 Å². The quantitative estimate of drug-likeness (QED) is 0.441. The average Bonchev–Trinajstić information content (AvgIpc) is 3.12. The van der Waals surface area contributed by atoms with E-state index in [1.165, 1.54) is 0 Å². The van der Waals surface area contributed by atoms with Gasteiger partial charge in [-0.1, -0.05) is 41.4 Å². The summed E-state index contributed by atoms with van der Waals surface area (Å²) in [5.74, 6) is 1.28. The van der Waals surface area contributed by atoms with Crippen molar-refractivity contribution in [2.75, 3.05) is 7.11 Å². The van der Waals surface area contributed by atoms with Crippen LogP contribution in [0.3, 0.4) is 0 Å². The van der Waals surface area contributed by atoms with Crippen LogP contribution in [0.4, 0.5) is 0 Å². The zero-order chi connectivity index (χ0) is 21.1. The summed E-state index contributed by atoms with van der Waals surface area (Å²) < 4.78 is 7.21. The second kappa shape index (κ2) is 8.78. The number of carbonyl (C=O) groups is 1. The Bertz CT molecular complexity index is 1200. The van der Waals surface area contributed by atoms with E-state index < -0.39 is 0 Å². The number of ether oxygens (including phenoxy) is 1. The fourth-order valence-electron chi connectivity index (χ4n) is 3.26. The van der Waals surface area contributed by atoms with Gasteiger partial charge in [0.05, 0.1) is 34.7 Å². The fourth-order valence-corrected chi connectivity index (χ4v) is 3.58. The molecule has 0 atom stereocenters. The number of hydrogen-bond acceptors (Lipinski definition) is 3. The third kappa shape index (κ3) is 4.27. The molecule has 1 amide bonds. The maximum Gasteiger partial charge on any atom is 0.251 e. The van der Waals surface area contributed by atoms with Crippen LogP contribution in [-0.4, -0.2) is 22.6 Å². The van der Waals surface area contributed by atoms with Crippen LogP contribution in [0, 0.1) is 0 Å². The van der Waals surface area contributed by atoms with Gasteiger partial charge in [-0.25, -0.2) is 4.98 Å². The van der Waals surface area contributed by atoms with E-state index in [1.54, 1.807) is 37.4 Å². The first-order valence-corrected chi connectivity index (χ1v) is 10.1. The molecule has 5 nitrogen and oxygen atoms in total. The van der Waals surface area contributed by atoms with Gasteiger partial charge < -0.3 is 14.6 Å². The highest BCUT2D eigenvalue weighted by Gasteiger charge is 2.13. The van der Waals surface area contributed by atoms with Crippen LogP contribution in [-0.2, 0) is 13.1 Å². The zero-order valence-electron chi connectivity index (χ0n) is 16.2. The highest BCUT2D eigenvalue weighted by atomic mass is 35.5. The molecule has 0 aliphatic carbocycles. The summed E-state index contributed by atoms with van der Waals surface area (Å²) in [5, 5.41) is 3.97. The maximum absolute atomic E-state index is 12.6. The van der Waals surface area contributed by atoms with Gasteiger partial charge in [-0.15, -0.1) is 0 Å². The number of carbonyl (C=O) groups excluding carboxylic acids is 1. The molecule has 1 heterocycles. The van der Waals surface area contributed by atoms with Crippen LogP contribution in [0.5, 0.6) is 5.75 Å². The molecule has 1 N–H and O–H groups in total. The predicted octanol–water partition coefficient (Wildman–Crippen LogP) is 5.33. The summed E-state index contributed by atoms with van der Waals surface area (Å²) in [6.07, 6.45) is 0. The third-order valence-electron chi connectivity index (χ3n) is 4.82. The monoisotopic (exact) mass is 439 g/mol. The number of aromatic nitrogens is 2. The molecule has 0 unspecified atom stereocenters. The first kappa shape index (κ1) is 20.3. The minimum atomic E-state index is -0.175. The Morgan fingerprint density at radius 1 is 1.03 bits per heavy atom. The molecular formula is C23H19Cl2N3O2. The topological polar surface area (TPSA) is 56.1 Å². The van der Waals surface area contributed by atoms with Crippen LogP contribution >= 0.6 is 23.2 Å². The van der Waals surface area contributed by atoms with Crippen molar-refractivity contribution in [1.29, 1.82) is 0 Å². The zero-order valence-corrected chi connectivity index (χ0v) is 17.7. The van der Waals surface area contributed by atoms with Gasteiger partial charge >= 0.3 is 0 Å². The molecule has 0 saturated carbocycles. The van der Waals surface area contributed by atoms with Gasteiger partial charge in [0.15, 0.2) is 0 Å². The van der Waals surface area contributed by atoms with Gasteiger partial charge in [-0.05, 0) is 54.1 Å². The number of hydrogen-bond donors (Lipinski definition) is 1. The summed E-state index contributed by atoms with van der Waals surface area (Å²) in [7, 11) is 1.59. The largest absolute Gasteiger partial charge is 0.497 e. The van der Waals surface area contributed by atoms with Crippen molar-refractivity contribution in [2.45, 2.75) is 13.1 Å². The van der Waals surface area contributed by atoms with E-state index in [2.05, 4.69) is 9.88 Å². The molecule has 3 aromatic carbocycles. The third-order valence-corrected chi connectivity index (χ3v) is 5.56. The number of rotatable bonds is 6. The Kier molecular flexibility index (Phi) is 5.93. The Hall–Kier alpha value is -3.02. The number of para-hydroxylation sites is 2. The lowest BCUT2D eigenvalue weighted by Gasteiger charge is -2.11. The van der Waals surface area contributed by atoms with E-state index in [9.17, 15) is 4.79 Å². The SMILES string of the molecule is COc1ccc(C(=O)NCc2nc3ccccc3n2Cc2ccc(Cl)c(Cl)c2)cc1. The lowest BCUT2D eigenvalue weighted by Crippen LogP contribution is -2.24. The number of amides is 1. The predicted molar refractivity (Wildman–Crippen MR) is 119 cm³/mol. The number of nitrogens with zero attached hydrogens (tertiary/aromatic N) is 2. The van der Waals surface area contributed by atoms with E-state index in [4.69, 9.17) is 32.9 Å². The molecule has 0 radical (unpaired) electrons. The second-order valence-electron chi connectivity index (χ2n) is 6.76. The molecular weight excluding hydrogens is 421 g/mol. The molecule has 152 valence electrons. The van der Waals surface area contributed by atoms with Crippen molar-refractivity contribution < 1.29 is 9.53 Å². The fraction of sp³-hybridized carbons (Fsp3) is 0.130. The van der Waals surface area contributed by atoms with Gasteiger partial charge in [0, 0.05) is 12.1 Å². The Labute approximate surface area is 184 Å². The molecule has 0 bridgehead atoms. The summed E-state index contributed by atoms with van der Waals surface area (Å²) in [6.45, 7) is 0.853.